The maximum absolute atomic E-state index is 9.70. The number of fused-ring (bicyclic) bond motifs is 2. The molecule has 0 unspecified atom stereocenters. The molecule has 3 aromatic heterocycles. The van der Waals surface area contributed by atoms with Crippen molar-refractivity contribution >= 4 is 11.6 Å². The largest absolute Gasteiger partial charge is 0.487 e. The number of benzene rings is 1. The zero-order valence-electron chi connectivity index (χ0n) is 29.0. The lowest BCUT2D eigenvalue weighted by Crippen LogP contribution is -2.52. The van der Waals surface area contributed by atoms with E-state index in [4.69, 9.17) is 24.0 Å². The van der Waals surface area contributed by atoms with E-state index < -0.39 is 0 Å². The van der Waals surface area contributed by atoms with Crippen LogP contribution < -0.4 is 14.8 Å². The lowest BCUT2D eigenvalue weighted by Gasteiger charge is -2.43. The fourth-order valence-electron chi connectivity index (χ4n) is 7.58. The minimum atomic E-state index is -0.230. The van der Waals surface area contributed by atoms with Gasteiger partial charge in [0.1, 0.15) is 36.3 Å². The van der Waals surface area contributed by atoms with E-state index in [0.717, 1.165) is 55.7 Å². The number of anilines is 2. The molecule has 0 radical (unpaired) electrons. The Morgan fingerprint density at radius 1 is 0.980 bits per heavy atom. The molecule has 0 amide bonds. The number of morpholine rings is 1. The van der Waals surface area contributed by atoms with Gasteiger partial charge in [-0.15, -0.1) is 5.10 Å². The summed E-state index contributed by atoms with van der Waals surface area (Å²) >= 11 is 0. The minimum absolute atomic E-state index is 0.208. The summed E-state index contributed by atoms with van der Waals surface area (Å²) in [7, 11) is 1.70. The van der Waals surface area contributed by atoms with Crippen molar-refractivity contribution in [1.82, 2.24) is 39.4 Å². The summed E-state index contributed by atoms with van der Waals surface area (Å²) in [6.07, 6.45) is 15.4. The highest BCUT2D eigenvalue weighted by atomic mass is 16.5. The van der Waals surface area contributed by atoms with Gasteiger partial charge in [-0.3, -0.25) is 9.58 Å². The third kappa shape index (κ3) is 7.75. The quantitative estimate of drug-likeness (QED) is 0.190. The van der Waals surface area contributed by atoms with Gasteiger partial charge in [0.05, 0.1) is 50.8 Å². The SMILES string of the molecule is COC[C@H](C)COc1nn(C2CCC(N3[C@@H]4CC[C@H]3COC4)CC2)cc1Nc1ncc(-c2ccc(C#N)c(O[C@@H](C)Cn3cncn3)c2)cn1. The molecule has 50 heavy (non-hydrogen) atoms. The summed E-state index contributed by atoms with van der Waals surface area (Å²) in [5, 5.41) is 22.1. The maximum atomic E-state index is 9.70. The van der Waals surface area contributed by atoms with E-state index in [9.17, 15) is 5.26 Å². The molecule has 14 heteroatoms. The van der Waals surface area contributed by atoms with E-state index in [1.54, 1.807) is 36.6 Å². The van der Waals surface area contributed by atoms with Gasteiger partial charge in [-0.25, -0.2) is 19.6 Å². The van der Waals surface area contributed by atoms with Crippen molar-refractivity contribution in [2.24, 2.45) is 5.92 Å². The predicted octanol–water partition coefficient (Wildman–Crippen LogP) is 5.02. The first-order chi connectivity index (χ1) is 24.5. The third-order valence-electron chi connectivity index (χ3n) is 9.99. The third-order valence-corrected chi connectivity index (χ3v) is 9.99. The Morgan fingerprint density at radius 2 is 1.72 bits per heavy atom. The number of methoxy groups -OCH3 is 1. The van der Waals surface area contributed by atoms with Gasteiger partial charge in [-0.2, -0.15) is 10.4 Å². The zero-order chi connectivity index (χ0) is 34.5. The van der Waals surface area contributed by atoms with E-state index in [0.29, 0.717) is 67.1 Å². The van der Waals surface area contributed by atoms with Gasteiger partial charge < -0.3 is 24.3 Å². The van der Waals surface area contributed by atoms with E-state index >= 15 is 0 Å². The van der Waals surface area contributed by atoms with Crippen LogP contribution in [0.4, 0.5) is 11.6 Å². The lowest BCUT2D eigenvalue weighted by molar-refractivity contribution is -0.0458. The minimum Gasteiger partial charge on any atom is -0.487 e. The molecule has 5 heterocycles. The first-order valence-corrected chi connectivity index (χ1v) is 17.7. The summed E-state index contributed by atoms with van der Waals surface area (Å²) in [4.78, 5) is 16.0. The van der Waals surface area contributed by atoms with Crippen molar-refractivity contribution in [2.75, 3.05) is 38.9 Å². The zero-order valence-corrected chi connectivity index (χ0v) is 29.0. The fraction of sp³-hybridized carbons (Fsp3) is 0.556. The van der Waals surface area contributed by atoms with Crippen LogP contribution in [0, 0.1) is 17.2 Å². The van der Waals surface area contributed by atoms with E-state index in [-0.39, 0.29) is 12.0 Å². The normalized spacial score (nSPS) is 23.2. The molecule has 4 aromatic rings. The van der Waals surface area contributed by atoms with Gasteiger partial charge in [-0.05, 0) is 63.1 Å². The second-order valence-electron chi connectivity index (χ2n) is 13.8. The molecule has 1 aromatic carbocycles. The van der Waals surface area contributed by atoms with Gasteiger partial charge in [0.25, 0.3) is 5.88 Å². The van der Waals surface area contributed by atoms with Crippen LogP contribution in [0.3, 0.4) is 0 Å². The predicted molar refractivity (Wildman–Crippen MR) is 185 cm³/mol. The summed E-state index contributed by atoms with van der Waals surface area (Å²) < 4.78 is 27.3. The van der Waals surface area contributed by atoms with Crippen molar-refractivity contribution < 1.29 is 18.9 Å². The number of rotatable bonds is 14. The Morgan fingerprint density at radius 3 is 2.42 bits per heavy atom. The number of ether oxygens (including phenoxy) is 4. The molecule has 264 valence electrons. The Balaban J connectivity index is 1.04. The monoisotopic (exact) mass is 682 g/mol. The molecule has 14 nitrogen and oxygen atoms in total. The average Bonchev–Trinajstić information content (AvgIpc) is 3.85. The van der Waals surface area contributed by atoms with Gasteiger partial charge >= 0.3 is 0 Å². The first-order valence-electron chi connectivity index (χ1n) is 17.7. The molecular formula is C36H46N10O4. The standard InChI is InChI=1S/C36H46N10O4/c1-24(18-47-3)19-49-35-33(17-45(43-35)29-6-8-30(9-7-29)46-31-10-11-32(46)21-48-20-31)42-36-39-14-28(15-40-36)26-4-5-27(13-37)34(12-26)50-25(2)16-44-23-38-22-41-44/h4-5,12,14-15,17,22-25,29-32H,6-11,16,18-21H2,1-3H3,(H,39,40,42)/t24-,25-,29?,30?,31-,32+/m0/s1. The second kappa shape index (κ2) is 15.5. The molecule has 4 atom stereocenters. The molecule has 7 rings (SSSR count). The molecule has 2 aliphatic heterocycles. The molecule has 1 N–H and O–H groups in total. The van der Waals surface area contributed by atoms with Crippen molar-refractivity contribution in [2.45, 2.75) is 89.2 Å². The number of nitrogens with one attached hydrogen (secondary N) is 1. The molecule has 2 bridgehead atoms. The van der Waals surface area contributed by atoms with Crippen molar-refractivity contribution in [3.8, 4) is 28.8 Å². The van der Waals surface area contributed by atoms with Crippen LogP contribution in [0.5, 0.6) is 11.6 Å². The van der Waals surface area contributed by atoms with E-state index in [1.807, 2.05) is 25.3 Å². The van der Waals surface area contributed by atoms with Crippen LogP contribution in [0.1, 0.15) is 64.0 Å². The highest BCUT2D eigenvalue weighted by Crippen LogP contribution is 2.39. The Hall–Kier alpha value is -4.58. The van der Waals surface area contributed by atoms with Crippen LogP contribution >= 0.6 is 0 Å². The van der Waals surface area contributed by atoms with Crippen molar-refractivity contribution in [1.29, 1.82) is 5.26 Å². The topological polar surface area (TPSA) is 150 Å². The molecular weight excluding hydrogens is 636 g/mol. The second-order valence-corrected chi connectivity index (χ2v) is 13.8. The van der Waals surface area contributed by atoms with Crippen LogP contribution in [-0.4, -0.2) is 97.2 Å². The molecule has 3 fully saturated rings. The maximum Gasteiger partial charge on any atom is 0.256 e. The number of hydrogen-bond donors (Lipinski definition) is 1. The van der Waals surface area contributed by atoms with Gasteiger partial charge in [0.15, 0.2) is 0 Å². The van der Waals surface area contributed by atoms with Crippen LogP contribution in [0.25, 0.3) is 11.1 Å². The first kappa shape index (κ1) is 33.9. The molecule has 0 spiro atoms. The lowest BCUT2D eigenvalue weighted by atomic mass is 9.89. The Bertz CT molecular complexity index is 1720. The number of nitrogens with zero attached hydrogens (tertiary/aromatic N) is 9. The van der Waals surface area contributed by atoms with Crippen molar-refractivity contribution in [3.63, 3.8) is 0 Å². The van der Waals surface area contributed by atoms with E-state index in [1.165, 1.54) is 19.2 Å². The number of nitriles is 1. The molecule has 3 aliphatic rings. The number of aromatic nitrogens is 7. The molecule has 2 saturated heterocycles. The van der Waals surface area contributed by atoms with Gasteiger partial charge in [-0.1, -0.05) is 13.0 Å². The van der Waals surface area contributed by atoms with E-state index in [2.05, 4.69) is 47.9 Å². The Kier molecular flexibility index (Phi) is 10.5. The summed E-state index contributed by atoms with van der Waals surface area (Å²) in [5.74, 6) is 1.66. The average molecular weight is 683 g/mol. The molecule has 1 aliphatic carbocycles. The van der Waals surface area contributed by atoms with Crippen LogP contribution in [-0.2, 0) is 16.0 Å². The van der Waals surface area contributed by atoms with Gasteiger partial charge in [0.2, 0.25) is 5.95 Å². The summed E-state index contributed by atoms with van der Waals surface area (Å²) in [6.45, 7) is 7.36. The van der Waals surface area contributed by atoms with Crippen LogP contribution in [0.15, 0.2) is 49.4 Å². The van der Waals surface area contributed by atoms with Gasteiger partial charge in [0, 0.05) is 49.1 Å². The molecule has 1 saturated carbocycles. The smallest absolute Gasteiger partial charge is 0.256 e. The number of hydrogen-bond acceptors (Lipinski definition) is 12. The van der Waals surface area contributed by atoms with Crippen molar-refractivity contribution in [3.05, 3.63) is 55.0 Å². The summed E-state index contributed by atoms with van der Waals surface area (Å²) in [6, 6.07) is 9.78. The fourth-order valence-corrected chi connectivity index (χ4v) is 7.58. The Labute approximate surface area is 292 Å². The highest BCUT2D eigenvalue weighted by molar-refractivity contribution is 5.67. The highest BCUT2D eigenvalue weighted by Gasteiger charge is 2.42. The van der Waals surface area contributed by atoms with Crippen LogP contribution in [0.2, 0.25) is 0 Å². The summed E-state index contributed by atoms with van der Waals surface area (Å²) in [5.41, 5.74) is 2.80.